The molecule has 0 aliphatic carbocycles. The second kappa shape index (κ2) is 4.71. The zero-order chi connectivity index (χ0) is 13.3. The molecule has 1 N–H and O–H groups in total. The molecule has 0 fully saturated rings. The van der Waals surface area contributed by atoms with E-state index < -0.39 is 10.0 Å². The third-order valence-corrected chi connectivity index (χ3v) is 4.74. The Morgan fingerprint density at radius 3 is 2.78 bits per heavy atom. The molecular weight excluding hydrogens is 278 g/mol. The molecule has 0 unspecified atom stereocenters. The Morgan fingerprint density at radius 1 is 1.56 bits per heavy atom. The van der Waals surface area contributed by atoms with Crippen LogP contribution in [0.2, 0.25) is 5.02 Å². The number of hydrogen-bond acceptors (Lipinski definition) is 4. The first-order valence-electron chi connectivity index (χ1n) is 5.05. The van der Waals surface area contributed by atoms with Crippen molar-refractivity contribution in [1.29, 1.82) is 0 Å². The molecule has 9 heteroatoms. The predicted molar refractivity (Wildman–Crippen MR) is 65.5 cm³/mol. The molecule has 0 aliphatic heterocycles. The van der Waals surface area contributed by atoms with E-state index in [1.807, 2.05) is 0 Å². The van der Waals surface area contributed by atoms with Gasteiger partial charge >= 0.3 is 0 Å². The number of rotatable bonds is 4. The zero-order valence-electron chi connectivity index (χ0n) is 9.83. The molecule has 98 valence electrons. The molecule has 0 saturated heterocycles. The third kappa shape index (κ3) is 2.26. The van der Waals surface area contributed by atoms with Crippen LogP contribution in [0.15, 0.2) is 23.6 Å². The quantitative estimate of drug-likeness (QED) is 0.894. The van der Waals surface area contributed by atoms with Gasteiger partial charge in [0.1, 0.15) is 5.82 Å². The van der Waals surface area contributed by atoms with Crippen molar-refractivity contribution >= 4 is 21.6 Å². The molecule has 7 nitrogen and oxygen atoms in total. The van der Waals surface area contributed by atoms with Crippen molar-refractivity contribution in [3.05, 3.63) is 29.4 Å². The van der Waals surface area contributed by atoms with Crippen LogP contribution in [0.4, 0.5) is 0 Å². The number of aromatic nitrogens is 4. The van der Waals surface area contributed by atoms with Crippen molar-refractivity contribution in [3.63, 3.8) is 0 Å². The minimum atomic E-state index is -3.69. The fourth-order valence-corrected chi connectivity index (χ4v) is 3.24. The molecule has 0 radical (unpaired) electrons. The van der Waals surface area contributed by atoms with Gasteiger partial charge in [-0.2, -0.15) is 9.40 Å². The fraction of sp³-hybridized carbons (Fsp3) is 0.333. The van der Waals surface area contributed by atoms with Crippen LogP contribution in [0.25, 0.3) is 0 Å². The highest BCUT2D eigenvalue weighted by Gasteiger charge is 2.27. The maximum absolute atomic E-state index is 12.3. The highest BCUT2D eigenvalue weighted by Crippen LogP contribution is 2.23. The number of hydrogen-bond donors (Lipinski definition) is 1. The summed E-state index contributed by atoms with van der Waals surface area (Å²) < 4.78 is 27.0. The van der Waals surface area contributed by atoms with Crippen LogP contribution in [0, 0.1) is 0 Å². The van der Waals surface area contributed by atoms with Gasteiger partial charge in [-0.3, -0.25) is 4.68 Å². The monoisotopic (exact) mass is 289 g/mol. The van der Waals surface area contributed by atoms with Crippen molar-refractivity contribution in [1.82, 2.24) is 24.1 Å². The number of H-pyrrole nitrogens is 1. The number of nitrogens with zero attached hydrogens (tertiary/aromatic N) is 4. The fourth-order valence-electron chi connectivity index (χ4n) is 1.52. The second-order valence-electron chi connectivity index (χ2n) is 3.72. The smallest absolute Gasteiger partial charge is 0.261 e. The Kier molecular flexibility index (Phi) is 3.42. The van der Waals surface area contributed by atoms with Crippen LogP contribution >= 0.6 is 11.6 Å². The molecule has 0 aliphatic rings. The van der Waals surface area contributed by atoms with E-state index in [1.165, 1.54) is 25.0 Å². The van der Waals surface area contributed by atoms with E-state index in [0.29, 0.717) is 5.82 Å². The van der Waals surface area contributed by atoms with Gasteiger partial charge in [0.15, 0.2) is 5.03 Å². The van der Waals surface area contributed by atoms with Crippen LogP contribution in [0.1, 0.15) is 5.82 Å². The van der Waals surface area contributed by atoms with Gasteiger partial charge in [-0.05, 0) is 0 Å². The molecule has 2 rings (SSSR count). The lowest BCUT2D eigenvalue weighted by Gasteiger charge is -2.16. The minimum Gasteiger partial charge on any atom is -0.347 e. The summed E-state index contributed by atoms with van der Waals surface area (Å²) in [6.45, 7) is 0.136. The largest absolute Gasteiger partial charge is 0.347 e. The van der Waals surface area contributed by atoms with Crippen molar-refractivity contribution in [2.45, 2.75) is 11.6 Å². The van der Waals surface area contributed by atoms with Crippen molar-refractivity contribution in [3.8, 4) is 0 Å². The summed E-state index contributed by atoms with van der Waals surface area (Å²) in [5, 5.41) is 3.89. The number of sulfonamides is 1. The SMILES string of the molecule is CN(Cc1ncc[nH]1)S(=O)(=O)c1c(Cl)cnn1C. The molecule has 2 aromatic heterocycles. The number of imidazole rings is 1. The van der Waals surface area contributed by atoms with E-state index >= 15 is 0 Å². The maximum Gasteiger partial charge on any atom is 0.261 e. The highest BCUT2D eigenvalue weighted by molar-refractivity contribution is 7.89. The predicted octanol–water partition coefficient (Wildman–Crippen LogP) is 0.617. The normalized spacial score (nSPS) is 12.2. The van der Waals surface area contributed by atoms with Crippen LogP contribution in [0.5, 0.6) is 0 Å². The van der Waals surface area contributed by atoms with Crippen LogP contribution in [0.3, 0.4) is 0 Å². The topological polar surface area (TPSA) is 83.9 Å². The third-order valence-electron chi connectivity index (χ3n) is 2.42. The first-order chi connectivity index (χ1) is 8.43. The molecule has 0 bridgehead atoms. The lowest BCUT2D eigenvalue weighted by Crippen LogP contribution is -2.28. The molecule has 0 aromatic carbocycles. The maximum atomic E-state index is 12.3. The minimum absolute atomic E-state index is 0.0294. The molecule has 0 amide bonds. The Bertz CT molecular complexity index is 614. The van der Waals surface area contributed by atoms with Crippen molar-refractivity contribution < 1.29 is 8.42 Å². The first-order valence-corrected chi connectivity index (χ1v) is 6.87. The number of aryl methyl sites for hydroxylation is 1. The molecule has 0 atom stereocenters. The van der Waals surface area contributed by atoms with Gasteiger partial charge in [0.05, 0.1) is 17.8 Å². The summed E-state index contributed by atoms with van der Waals surface area (Å²) in [5.74, 6) is 0.555. The standard InChI is InChI=1S/C9H12ClN5O2S/c1-14(6-8-11-3-4-12-8)18(16,17)9-7(10)5-13-15(9)2/h3-5H,6H2,1-2H3,(H,11,12). The summed E-state index contributed by atoms with van der Waals surface area (Å²) in [6, 6.07) is 0. The molecular formula is C9H12ClN5O2S. The lowest BCUT2D eigenvalue weighted by molar-refractivity contribution is 0.449. The summed E-state index contributed by atoms with van der Waals surface area (Å²) in [5.41, 5.74) is 0. The van der Waals surface area contributed by atoms with Gasteiger partial charge in [0.2, 0.25) is 0 Å². The second-order valence-corrected chi connectivity index (χ2v) is 6.09. The van der Waals surface area contributed by atoms with Crippen LogP contribution in [-0.2, 0) is 23.6 Å². The Labute approximate surface area is 109 Å². The van der Waals surface area contributed by atoms with E-state index in [4.69, 9.17) is 11.6 Å². The molecule has 2 aromatic rings. The molecule has 0 saturated carbocycles. The van der Waals surface area contributed by atoms with Gasteiger partial charge in [0, 0.05) is 26.5 Å². The van der Waals surface area contributed by atoms with E-state index in [0.717, 1.165) is 4.31 Å². The summed E-state index contributed by atoms with van der Waals surface area (Å²) >= 11 is 5.84. The Balaban J connectivity index is 2.32. The number of aromatic amines is 1. The zero-order valence-corrected chi connectivity index (χ0v) is 11.4. The average Bonchev–Trinajstić information content (AvgIpc) is 2.89. The van der Waals surface area contributed by atoms with E-state index in [2.05, 4.69) is 15.1 Å². The van der Waals surface area contributed by atoms with Crippen LogP contribution < -0.4 is 0 Å². The lowest BCUT2D eigenvalue weighted by atomic mass is 10.6. The first kappa shape index (κ1) is 13.1. The summed E-state index contributed by atoms with van der Waals surface area (Å²) in [7, 11) is -0.704. The Hall–Kier alpha value is -1.38. The summed E-state index contributed by atoms with van der Waals surface area (Å²) in [6.07, 6.45) is 4.49. The highest BCUT2D eigenvalue weighted by atomic mass is 35.5. The van der Waals surface area contributed by atoms with Gasteiger partial charge in [-0.25, -0.2) is 13.4 Å². The van der Waals surface area contributed by atoms with Crippen molar-refractivity contribution in [2.24, 2.45) is 7.05 Å². The van der Waals surface area contributed by atoms with Crippen LogP contribution in [-0.4, -0.2) is 39.5 Å². The van der Waals surface area contributed by atoms with Gasteiger partial charge in [-0.15, -0.1) is 0 Å². The molecule has 2 heterocycles. The van der Waals surface area contributed by atoms with Gasteiger partial charge < -0.3 is 4.98 Å². The van der Waals surface area contributed by atoms with Gasteiger partial charge in [0.25, 0.3) is 10.0 Å². The average molecular weight is 290 g/mol. The molecule has 18 heavy (non-hydrogen) atoms. The van der Waals surface area contributed by atoms with Crippen molar-refractivity contribution in [2.75, 3.05) is 7.05 Å². The van der Waals surface area contributed by atoms with E-state index in [9.17, 15) is 8.42 Å². The van der Waals surface area contributed by atoms with E-state index in [1.54, 1.807) is 12.4 Å². The number of halogens is 1. The van der Waals surface area contributed by atoms with E-state index in [-0.39, 0.29) is 16.6 Å². The summed E-state index contributed by atoms with van der Waals surface area (Å²) in [4.78, 5) is 6.82. The molecule has 0 spiro atoms. The van der Waals surface area contributed by atoms with Gasteiger partial charge in [-0.1, -0.05) is 11.6 Å². The Morgan fingerprint density at radius 2 is 2.28 bits per heavy atom. The number of nitrogens with one attached hydrogen (secondary N) is 1.